The van der Waals surface area contributed by atoms with Crippen LogP contribution in [0.25, 0.3) is 0 Å². The Morgan fingerprint density at radius 3 is 2.79 bits per heavy atom. The van der Waals surface area contributed by atoms with Crippen LogP contribution >= 0.6 is 11.8 Å². The zero-order valence-electron chi connectivity index (χ0n) is 13.9. The highest BCUT2D eigenvalue weighted by Crippen LogP contribution is 2.23. The minimum Gasteiger partial charge on any atom is -0.370 e. The SMILES string of the molecule is Cc1cccc(NC(=O)[C@@H](C)Sc2nnc(CCC(N)=O)n2C)c1. The first-order valence-electron chi connectivity index (χ1n) is 7.57. The molecule has 128 valence electrons. The van der Waals surface area contributed by atoms with E-state index >= 15 is 0 Å². The number of benzene rings is 1. The molecule has 7 nitrogen and oxygen atoms in total. The predicted octanol–water partition coefficient (Wildman–Crippen LogP) is 1.66. The molecule has 1 atom stereocenters. The first-order chi connectivity index (χ1) is 11.4. The second kappa shape index (κ2) is 7.96. The summed E-state index contributed by atoms with van der Waals surface area (Å²) in [6.07, 6.45) is 0.656. The quantitative estimate of drug-likeness (QED) is 0.742. The Hall–Kier alpha value is -2.35. The van der Waals surface area contributed by atoms with Gasteiger partial charge < -0.3 is 15.6 Å². The summed E-state index contributed by atoms with van der Waals surface area (Å²) in [7, 11) is 1.81. The Kier molecular flexibility index (Phi) is 5.97. The molecule has 0 radical (unpaired) electrons. The Morgan fingerprint density at radius 1 is 1.38 bits per heavy atom. The molecule has 0 saturated heterocycles. The third-order valence-corrected chi connectivity index (χ3v) is 4.59. The van der Waals surface area contributed by atoms with E-state index in [-0.39, 0.29) is 23.5 Å². The molecule has 24 heavy (non-hydrogen) atoms. The van der Waals surface area contributed by atoms with Crippen LogP contribution in [0.15, 0.2) is 29.4 Å². The standard InChI is InChI=1S/C16H21N5O2S/c1-10-5-4-6-12(9-10)18-15(23)11(2)24-16-20-19-14(21(16)3)8-7-13(17)22/h4-6,9,11H,7-8H2,1-3H3,(H2,17,22)(H,18,23)/t11-/m1/s1. The van der Waals surface area contributed by atoms with Crippen molar-refractivity contribution in [1.29, 1.82) is 0 Å². The maximum Gasteiger partial charge on any atom is 0.237 e. The Labute approximate surface area is 145 Å². The molecule has 0 aliphatic heterocycles. The predicted molar refractivity (Wildman–Crippen MR) is 93.6 cm³/mol. The molecule has 8 heteroatoms. The van der Waals surface area contributed by atoms with Crippen LogP contribution in [-0.4, -0.2) is 31.8 Å². The molecule has 0 aliphatic carbocycles. The van der Waals surface area contributed by atoms with Gasteiger partial charge in [0.2, 0.25) is 11.8 Å². The van der Waals surface area contributed by atoms with Crippen molar-refractivity contribution in [3.63, 3.8) is 0 Å². The van der Waals surface area contributed by atoms with Gasteiger partial charge in [0.05, 0.1) is 5.25 Å². The third-order valence-electron chi connectivity index (χ3n) is 3.46. The molecular formula is C16H21N5O2S. The summed E-state index contributed by atoms with van der Waals surface area (Å²) < 4.78 is 1.78. The molecule has 3 N–H and O–H groups in total. The van der Waals surface area contributed by atoms with E-state index in [1.54, 1.807) is 4.57 Å². The second-order valence-corrected chi connectivity index (χ2v) is 6.85. The van der Waals surface area contributed by atoms with Crippen molar-refractivity contribution in [2.24, 2.45) is 12.8 Å². The van der Waals surface area contributed by atoms with E-state index in [0.717, 1.165) is 11.3 Å². The molecule has 1 heterocycles. The molecule has 2 rings (SSSR count). The highest BCUT2D eigenvalue weighted by atomic mass is 32.2. The normalized spacial score (nSPS) is 12.0. The van der Waals surface area contributed by atoms with Crippen LogP contribution in [0.5, 0.6) is 0 Å². The lowest BCUT2D eigenvalue weighted by molar-refractivity contribution is -0.118. The second-order valence-electron chi connectivity index (χ2n) is 5.54. The molecule has 1 aromatic heterocycles. The molecule has 0 bridgehead atoms. The van der Waals surface area contributed by atoms with Crippen LogP contribution in [0.2, 0.25) is 0 Å². The number of thioether (sulfide) groups is 1. The molecule has 0 saturated carbocycles. The van der Waals surface area contributed by atoms with Crippen LogP contribution in [0.1, 0.15) is 24.7 Å². The van der Waals surface area contributed by atoms with Crippen molar-refractivity contribution in [1.82, 2.24) is 14.8 Å². The largest absolute Gasteiger partial charge is 0.370 e. The van der Waals surface area contributed by atoms with Crippen molar-refractivity contribution in [2.45, 2.75) is 37.1 Å². The van der Waals surface area contributed by atoms with Gasteiger partial charge in [-0.3, -0.25) is 9.59 Å². The number of nitrogens with two attached hydrogens (primary N) is 1. The molecule has 0 spiro atoms. The van der Waals surface area contributed by atoms with E-state index in [9.17, 15) is 9.59 Å². The molecular weight excluding hydrogens is 326 g/mol. The van der Waals surface area contributed by atoms with Crippen LogP contribution in [0.3, 0.4) is 0 Å². The smallest absolute Gasteiger partial charge is 0.237 e. The van der Waals surface area contributed by atoms with E-state index in [1.165, 1.54) is 11.8 Å². The van der Waals surface area contributed by atoms with Crippen molar-refractivity contribution in [3.8, 4) is 0 Å². The number of aromatic nitrogens is 3. The average molecular weight is 347 g/mol. The maximum absolute atomic E-state index is 12.3. The minimum absolute atomic E-state index is 0.104. The van der Waals surface area contributed by atoms with Gasteiger partial charge in [-0.25, -0.2) is 0 Å². The Morgan fingerprint density at radius 2 is 2.12 bits per heavy atom. The number of carbonyl (C=O) groups excluding carboxylic acids is 2. The molecule has 2 amide bonds. The zero-order valence-corrected chi connectivity index (χ0v) is 14.8. The van der Waals surface area contributed by atoms with E-state index in [1.807, 2.05) is 45.2 Å². The van der Waals surface area contributed by atoms with Crippen molar-refractivity contribution >= 4 is 29.3 Å². The summed E-state index contributed by atoms with van der Waals surface area (Å²) in [6, 6.07) is 7.64. The summed E-state index contributed by atoms with van der Waals surface area (Å²) in [5.74, 6) is 0.188. The highest BCUT2D eigenvalue weighted by molar-refractivity contribution is 8.00. The summed E-state index contributed by atoms with van der Waals surface area (Å²) in [5.41, 5.74) is 7.00. The van der Waals surface area contributed by atoms with E-state index in [4.69, 9.17) is 5.73 Å². The number of rotatable bonds is 7. The average Bonchev–Trinajstić information content (AvgIpc) is 2.85. The fourth-order valence-electron chi connectivity index (χ4n) is 2.08. The Balaban J connectivity index is 1.97. The fourth-order valence-corrected chi connectivity index (χ4v) is 2.91. The van der Waals surface area contributed by atoms with Crippen molar-refractivity contribution in [3.05, 3.63) is 35.7 Å². The van der Waals surface area contributed by atoms with Crippen LogP contribution in [0.4, 0.5) is 5.69 Å². The lowest BCUT2D eigenvalue weighted by Crippen LogP contribution is -2.22. The summed E-state index contributed by atoms with van der Waals surface area (Å²) in [5, 5.41) is 11.3. The number of carbonyl (C=O) groups is 2. The van der Waals surface area contributed by atoms with Crippen molar-refractivity contribution in [2.75, 3.05) is 5.32 Å². The van der Waals surface area contributed by atoms with Gasteiger partial charge in [0.1, 0.15) is 5.82 Å². The summed E-state index contributed by atoms with van der Waals surface area (Å²) in [4.78, 5) is 23.2. The number of anilines is 1. The summed E-state index contributed by atoms with van der Waals surface area (Å²) >= 11 is 1.32. The van der Waals surface area contributed by atoms with Crippen LogP contribution in [0, 0.1) is 6.92 Å². The monoisotopic (exact) mass is 347 g/mol. The van der Waals surface area contributed by atoms with E-state index < -0.39 is 0 Å². The lowest BCUT2D eigenvalue weighted by Gasteiger charge is -2.12. The van der Waals surface area contributed by atoms with Gasteiger partial charge in [-0.2, -0.15) is 0 Å². The van der Waals surface area contributed by atoms with Crippen molar-refractivity contribution < 1.29 is 9.59 Å². The maximum atomic E-state index is 12.3. The number of aryl methyl sites for hydroxylation is 2. The molecule has 2 aromatic rings. The topological polar surface area (TPSA) is 103 Å². The number of hydrogen-bond donors (Lipinski definition) is 2. The molecule has 0 fully saturated rings. The number of nitrogens with one attached hydrogen (secondary N) is 1. The van der Waals surface area contributed by atoms with Gasteiger partial charge in [0.15, 0.2) is 5.16 Å². The first kappa shape index (κ1) is 18.0. The molecule has 1 aromatic carbocycles. The summed E-state index contributed by atoms with van der Waals surface area (Å²) in [6.45, 7) is 3.79. The fraction of sp³-hybridized carbons (Fsp3) is 0.375. The van der Waals surface area contributed by atoms with Crippen LogP contribution in [-0.2, 0) is 23.1 Å². The number of amides is 2. The lowest BCUT2D eigenvalue weighted by atomic mass is 10.2. The Bertz CT molecular complexity index is 744. The zero-order chi connectivity index (χ0) is 17.7. The number of nitrogens with zero attached hydrogens (tertiary/aromatic N) is 3. The van der Waals surface area contributed by atoms with E-state index in [2.05, 4.69) is 15.5 Å². The van der Waals surface area contributed by atoms with Gasteiger partial charge in [0.25, 0.3) is 0 Å². The molecule has 0 unspecified atom stereocenters. The van der Waals surface area contributed by atoms with Gasteiger partial charge in [-0.1, -0.05) is 23.9 Å². The molecule has 0 aliphatic rings. The number of hydrogen-bond acceptors (Lipinski definition) is 5. The number of primary amides is 1. The van der Waals surface area contributed by atoms with Crippen LogP contribution < -0.4 is 11.1 Å². The highest BCUT2D eigenvalue weighted by Gasteiger charge is 2.19. The minimum atomic E-state index is -0.377. The first-order valence-corrected chi connectivity index (χ1v) is 8.45. The van der Waals surface area contributed by atoms with Gasteiger partial charge >= 0.3 is 0 Å². The van der Waals surface area contributed by atoms with Gasteiger partial charge in [-0.15, -0.1) is 10.2 Å². The van der Waals surface area contributed by atoms with Gasteiger partial charge in [-0.05, 0) is 31.5 Å². The van der Waals surface area contributed by atoms with E-state index in [0.29, 0.717) is 17.4 Å². The van der Waals surface area contributed by atoms with Gasteiger partial charge in [0, 0.05) is 25.6 Å². The third kappa shape index (κ3) is 4.82.